The Kier molecular flexibility index (Phi) is 6.36. The lowest BCUT2D eigenvalue weighted by atomic mass is 9.92. The molecule has 24 heavy (non-hydrogen) atoms. The third kappa shape index (κ3) is 4.80. The lowest BCUT2D eigenvalue weighted by molar-refractivity contribution is -0.139. The maximum atomic E-state index is 12.8. The second-order valence-corrected chi connectivity index (χ2v) is 7.49. The van der Waals surface area contributed by atoms with Gasteiger partial charge in [-0.1, -0.05) is 19.9 Å². The second-order valence-electron chi connectivity index (χ2n) is 6.54. The number of rotatable bonds is 6. The number of carbonyl (C=O) groups is 3. The molecule has 0 saturated carbocycles. The smallest absolute Gasteiger partial charge is 0.303 e. The van der Waals surface area contributed by atoms with Crippen molar-refractivity contribution >= 4 is 29.1 Å². The first-order chi connectivity index (χ1) is 11.4. The number of amides is 2. The van der Waals surface area contributed by atoms with Crippen LogP contribution in [-0.2, 0) is 9.59 Å². The SMILES string of the molecule is CC(C)C(NC(=O)c1cccs1)C(=O)N1CCC(CC(=O)O)CC1. The van der Waals surface area contributed by atoms with Gasteiger partial charge < -0.3 is 15.3 Å². The quantitative estimate of drug-likeness (QED) is 0.822. The van der Waals surface area contributed by atoms with Gasteiger partial charge in [-0.3, -0.25) is 14.4 Å². The number of nitrogens with zero attached hydrogens (tertiary/aromatic N) is 1. The number of likely N-dealkylation sites (tertiary alicyclic amines) is 1. The van der Waals surface area contributed by atoms with Gasteiger partial charge in [-0.2, -0.15) is 0 Å². The number of nitrogens with one attached hydrogen (secondary N) is 1. The molecule has 7 heteroatoms. The zero-order valence-electron chi connectivity index (χ0n) is 14.0. The molecule has 1 atom stereocenters. The van der Waals surface area contributed by atoms with Gasteiger partial charge in [0.1, 0.15) is 6.04 Å². The number of hydrogen-bond acceptors (Lipinski definition) is 4. The number of carboxylic acid groups (broad SMARTS) is 1. The molecule has 1 unspecified atom stereocenters. The third-order valence-corrected chi connectivity index (χ3v) is 5.22. The molecule has 0 bridgehead atoms. The van der Waals surface area contributed by atoms with Crippen molar-refractivity contribution in [1.29, 1.82) is 0 Å². The monoisotopic (exact) mass is 352 g/mol. The summed E-state index contributed by atoms with van der Waals surface area (Å²) in [5.74, 6) is -0.979. The lowest BCUT2D eigenvalue weighted by Crippen LogP contribution is -2.53. The largest absolute Gasteiger partial charge is 0.481 e. The van der Waals surface area contributed by atoms with E-state index in [9.17, 15) is 14.4 Å². The summed E-state index contributed by atoms with van der Waals surface area (Å²) in [6.07, 6.45) is 1.55. The Balaban J connectivity index is 1.95. The zero-order chi connectivity index (χ0) is 17.7. The average molecular weight is 352 g/mol. The Morgan fingerprint density at radius 2 is 2.00 bits per heavy atom. The van der Waals surface area contributed by atoms with E-state index < -0.39 is 12.0 Å². The van der Waals surface area contributed by atoms with Crippen LogP contribution in [0.25, 0.3) is 0 Å². The summed E-state index contributed by atoms with van der Waals surface area (Å²) in [4.78, 5) is 38.1. The van der Waals surface area contributed by atoms with E-state index in [1.807, 2.05) is 19.2 Å². The summed E-state index contributed by atoms with van der Waals surface area (Å²) in [5.41, 5.74) is 0. The van der Waals surface area contributed by atoms with Crippen LogP contribution < -0.4 is 5.32 Å². The van der Waals surface area contributed by atoms with E-state index in [1.165, 1.54) is 11.3 Å². The molecule has 2 N–H and O–H groups in total. The maximum Gasteiger partial charge on any atom is 0.303 e. The molecule has 1 aliphatic heterocycles. The molecule has 2 heterocycles. The lowest BCUT2D eigenvalue weighted by Gasteiger charge is -2.35. The molecule has 6 nitrogen and oxygen atoms in total. The fraction of sp³-hybridized carbons (Fsp3) is 0.588. The molecule has 2 amide bonds. The average Bonchev–Trinajstić information content (AvgIpc) is 3.06. The minimum atomic E-state index is -0.789. The maximum absolute atomic E-state index is 12.8. The number of hydrogen-bond donors (Lipinski definition) is 2. The summed E-state index contributed by atoms with van der Waals surface area (Å²) in [7, 11) is 0. The van der Waals surface area contributed by atoms with Gasteiger partial charge in [0, 0.05) is 19.5 Å². The van der Waals surface area contributed by atoms with Crippen molar-refractivity contribution in [3.63, 3.8) is 0 Å². The number of thiophene rings is 1. The minimum Gasteiger partial charge on any atom is -0.481 e. The Labute approximate surface area is 145 Å². The Hall–Kier alpha value is -1.89. The van der Waals surface area contributed by atoms with Gasteiger partial charge in [-0.05, 0) is 36.1 Å². The van der Waals surface area contributed by atoms with Crippen LogP contribution in [0.4, 0.5) is 0 Å². The van der Waals surface area contributed by atoms with Crippen LogP contribution in [0.3, 0.4) is 0 Å². The van der Waals surface area contributed by atoms with Gasteiger partial charge in [-0.15, -0.1) is 11.3 Å². The van der Waals surface area contributed by atoms with E-state index in [1.54, 1.807) is 17.0 Å². The molecule has 0 spiro atoms. The first-order valence-corrected chi connectivity index (χ1v) is 9.11. The van der Waals surface area contributed by atoms with E-state index in [4.69, 9.17) is 5.11 Å². The summed E-state index contributed by atoms with van der Waals surface area (Å²) >= 11 is 1.35. The predicted octanol–water partition coefficient (Wildman–Crippen LogP) is 2.22. The van der Waals surface area contributed by atoms with Gasteiger partial charge in [0.15, 0.2) is 0 Å². The van der Waals surface area contributed by atoms with Crippen molar-refractivity contribution in [1.82, 2.24) is 10.2 Å². The highest BCUT2D eigenvalue weighted by Crippen LogP contribution is 2.22. The van der Waals surface area contributed by atoms with E-state index in [-0.39, 0.29) is 30.1 Å². The first kappa shape index (κ1) is 18.4. The molecular weight excluding hydrogens is 328 g/mol. The van der Waals surface area contributed by atoms with Gasteiger partial charge in [-0.25, -0.2) is 0 Å². The Morgan fingerprint density at radius 3 is 2.50 bits per heavy atom. The molecule has 1 fully saturated rings. The minimum absolute atomic E-state index is 0.0156. The van der Waals surface area contributed by atoms with Crippen LogP contribution in [0.1, 0.15) is 42.8 Å². The summed E-state index contributed by atoms with van der Waals surface area (Å²) in [6, 6.07) is 2.98. The number of carboxylic acids is 1. The molecule has 1 aromatic heterocycles. The van der Waals surface area contributed by atoms with E-state index >= 15 is 0 Å². The van der Waals surface area contributed by atoms with Gasteiger partial charge >= 0.3 is 5.97 Å². The Morgan fingerprint density at radius 1 is 1.33 bits per heavy atom. The summed E-state index contributed by atoms with van der Waals surface area (Å²) in [6.45, 7) is 4.92. The van der Waals surface area contributed by atoms with Gasteiger partial charge in [0.2, 0.25) is 5.91 Å². The Bertz CT molecular complexity index is 577. The van der Waals surface area contributed by atoms with Crippen molar-refractivity contribution in [3.8, 4) is 0 Å². The van der Waals surface area contributed by atoms with E-state index in [2.05, 4.69) is 5.32 Å². The van der Waals surface area contributed by atoms with Crippen molar-refractivity contribution < 1.29 is 19.5 Å². The van der Waals surface area contributed by atoms with Crippen molar-refractivity contribution in [2.75, 3.05) is 13.1 Å². The molecule has 0 aliphatic carbocycles. The zero-order valence-corrected chi connectivity index (χ0v) is 14.8. The molecule has 2 rings (SSSR count). The highest BCUT2D eigenvalue weighted by Gasteiger charge is 2.31. The van der Waals surface area contributed by atoms with Crippen molar-refractivity contribution in [3.05, 3.63) is 22.4 Å². The molecule has 1 aromatic rings. The highest BCUT2D eigenvalue weighted by atomic mass is 32.1. The predicted molar refractivity (Wildman–Crippen MR) is 92.0 cm³/mol. The van der Waals surface area contributed by atoms with Crippen molar-refractivity contribution in [2.45, 2.75) is 39.2 Å². The number of aliphatic carboxylic acids is 1. The second kappa shape index (κ2) is 8.28. The normalized spacial score (nSPS) is 16.9. The van der Waals surface area contributed by atoms with Crippen LogP contribution in [0.5, 0.6) is 0 Å². The third-order valence-electron chi connectivity index (χ3n) is 4.35. The van der Waals surface area contributed by atoms with Crippen LogP contribution in [0.15, 0.2) is 17.5 Å². The van der Waals surface area contributed by atoms with Gasteiger partial charge in [0.05, 0.1) is 4.88 Å². The van der Waals surface area contributed by atoms with Crippen LogP contribution >= 0.6 is 11.3 Å². The van der Waals surface area contributed by atoms with Crippen LogP contribution in [-0.4, -0.2) is 46.9 Å². The molecule has 1 aliphatic rings. The first-order valence-electron chi connectivity index (χ1n) is 8.23. The fourth-order valence-electron chi connectivity index (χ4n) is 2.93. The molecule has 0 aromatic carbocycles. The van der Waals surface area contributed by atoms with Gasteiger partial charge in [0.25, 0.3) is 5.91 Å². The fourth-order valence-corrected chi connectivity index (χ4v) is 3.56. The molecular formula is C17H24N2O4S. The highest BCUT2D eigenvalue weighted by molar-refractivity contribution is 7.12. The van der Waals surface area contributed by atoms with E-state index in [0.717, 1.165) is 0 Å². The van der Waals surface area contributed by atoms with Crippen LogP contribution in [0.2, 0.25) is 0 Å². The molecule has 1 saturated heterocycles. The number of carbonyl (C=O) groups excluding carboxylic acids is 2. The standard InChI is InChI=1S/C17H24N2O4S/c1-11(2)15(18-16(22)13-4-3-9-24-13)17(23)19-7-5-12(6-8-19)10-14(20)21/h3-4,9,11-12,15H,5-8,10H2,1-2H3,(H,18,22)(H,20,21). The molecule has 132 valence electrons. The summed E-state index contributed by atoms with van der Waals surface area (Å²) < 4.78 is 0. The van der Waals surface area contributed by atoms with Crippen LogP contribution in [0, 0.1) is 11.8 Å². The molecule has 0 radical (unpaired) electrons. The number of piperidine rings is 1. The van der Waals surface area contributed by atoms with E-state index in [0.29, 0.717) is 30.8 Å². The topological polar surface area (TPSA) is 86.7 Å². The van der Waals surface area contributed by atoms with Crippen molar-refractivity contribution in [2.24, 2.45) is 11.8 Å². The summed E-state index contributed by atoms with van der Waals surface area (Å²) in [5, 5.41) is 13.5.